The Kier molecular flexibility index (Phi) is 2.70. The summed E-state index contributed by atoms with van der Waals surface area (Å²) in [6.45, 7) is 0. The molecule has 15 heavy (non-hydrogen) atoms. The van der Waals surface area contributed by atoms with E-state index in [2.05, 4.69) is 0 Å². The average molecular weight is 223 g/mol. The number of hydrogen-bond donors (Lipinski definition) is 2. The minimum Gasteiger partial charge on any atom is -0.505 e. The quantitative estimate of drug-likeness (QED) is 0.822. The van der Waals surface area contributed by atoms with Gasteiger partial charge in [0.1, 0.15) is 0 Å². The Balaban J connectivity index is 2.42. The first kappa shape index (κ1) is 10.1. The zero-order valence-electron chi connectivity index (χ0n) is 7.85. The SMILES string of the molecule is N[C@H](c1ccsc1)c1cccc(F)c1O. The summed E-state index contributed by atoms with van der Waals surface area (Å²) in [5.74, 6) is -1.01. The summed E-state index contributed by atoms with van der Waals surface area (Å²) in [7, 11) is 0. The van der Waals surface area contributed by atoms with Crippen molar-refractivity contribution >= 4 is 11.3 Å². The molecule has 0 amide bonds. The molecule has 3 N–H and O–H groups in total. The van der Waals surface area contributed by atoms with Crippen LogP contribution in [0.4, 0.5) is 4.39 Å². The van der Waals surface area contributed by atoms with Gasteiger partial charge in [-0.2, -0.15) is 11.3 Å². The van der Waals surface area contributed by atoms with Crippen molar-refractivity contribution in [3.63, 3.8) is 0 Å². The van der Waals surface area contributed by atoms with Gasteiger partial charge in [0.2, 0.25) is 0 Å². The van der Waals surface area contributed by atoms with E-state index in [0.717, 1.165) is 5.56 Å². The molecule has 0 fully saturated rings. The number of rotatable bonds is 2. The Labute approximate surface area is 90.8 Å². The van der Waals surface area contributed by atoms with Crippen LogP contribution < -0.4 is 5.73 Å². The number of phenolic OH excluding ortho intramolecular Hbond substituents is 1. The zero-order valence-corrected chi connectivity index (χ0v) is 8.67. The molecular formula is C11H10FNOS. The summed E-state index contributed by atoms with van der Waals surface area (Å²) < 4.78 is 13.1. The lowest BCUT2D eigenvalue weighted by molar-refractivity contribution is 0.423. The fourth-order valence-electron chi connectivity index (χ4n) is 1.41. The van der Waals surface area contributed by atoms with Crippen molar-refractivity contribution < 1.29 is 9.50 Å². The molecular weight excluding hydrogens is 213 g/mol. The number of benzene rings is 1. The lowest BCUT2D eigenvalue weighted by Gasteiger charge is -2.12. The highest BCUT2D eigenvalue weighted by atomic mass is 32.1. The van der Waals surface area contributed by atoms with Crippen LogP contribution in [0.25, 0.3) is 0 Å². The van der Waals surface area contributed by atoms with E-state index < -0.39 is 11.9 Å². The smallest absolute Gasteiger partial charge is 0.165 e. The molecule has 0 unspecified atom stereocenters. The van der Waals surface area contributed by atoms with Crippen LogP contribution >= 0.6 is 11.3 Å². The number of para-hydroxylation sites is 1. The predicted octanol–water partition coefficient (Wildman–Crippen LogP) is 2.64. The summed E-state index contributed by atoms with van der Waals surface area (Å²) >= 11 is 1.52. The van der Waals surface area contributed by atoms with E-state index in [1.165, 1.54) is 23.5 Å². The molecule has 0 aliphatic rings. The molecule has 0 saturated carbocycles. The van der Waals surface area contributed by atoms with Crippen LogP contribution in [0.15, 0.2) is 35.0 Å². The van der Waals surface area contributed by atoms with E-state index in [1.807, 2.05) is 16.8 Å². The van der Waals surface area contributed by atoms with Crippen LogP contribution in [0.5, 0.6) is 5.75 Å². The van der Waals surface area contributed by atoms with Crippen molar-refractivity contribution in [3.8, 4) is 5.75 Å². The predicted molar refractivity (Wildman–Crippen MR) is 58.4 cm³/mol. The third-order valence-electron chi connectivity index (χ3n) is 2.26. The first-order valence-electron chi connectivity index (χ1n) is 4.45. The van der Waals surface area contributed by atoms with Gasteiger partial charge in [0.15, 0.2) is 11.6 Å². The maximum Gasteiger partial charge on any atom is 0.165 e. The van der Waals surface area contributed by atoms with Gasteiger partial charge in [-0.1, -0.05) is 12.1 Å². The number of phenols is 1. The summed E-state index contributed by atoms with van der Waals surface area (Å²) in [5.41, 5.74) is 7.20. The fourth-order valence-corrected chi connectivity index (χ4v) is 2.11. The number of halogens is 1. The molecule has 0 bridgehead atoms. The van der Waals surface area contributed by atoms with Crippen LogP contribution in [0.2, 0.25) is 0 Å². The monoisotopic (exact) mass is 223 g/mol. The maximum absolute atomic E-state index is 13.1. The third kappa shape index (κ3) is 1.86. The molecule has 0 aliphatic heterocycles. The summed E-state index contributed by atoms with van der Waals surface area (Å²) in [6.07, 6.45) is 0. The largest absolute Gasteiger partial charge is 0.505 e. The number of thiophene rings is 1. The Morgan fingerprint density at radius 3 is 2.80 bits per heavy atom. The molecule has 1 atom stereocenters. The van der Waals surface area contributed by atoms with Crippen LogP contribution in [0.3, 0.4) is 0 Å². The molecule has 0 spiro atoms. The molecule has 2 aromatic rings. The van der Waals surface area contributed by atoms with Crippen LogP contribution in [0, 0.1) is 5.82 Å². The summed E-state index contributed by atoms with van der Waals surface area (Å²) in [6, 6.07) is 5.75. The molecule has 1 heterocycles. The minimum atomic E-state index is -0.641. The van der Waals surface area contributed by atoms with E-state index in [0.29, 0.717) is 5.56 Å². The summed E-state index contributed by atoms with van der Waals surface area (Å²) in [5, 5.41) is 13.3. The van der Waals surface area contributed by atoms with E-state index in [1.54, 1.807) is 6.07 Å². The highest BCUT2D eigenvalue weighted by Gasteiger charge is 2.15. The second-order valence-corrected chi connectivity index (χ2v) is 3.99. The van der Waals surface area contributed by atoms with Gasteiger partial charge in [-0.3, -0.25) is 0 Å². The van der Waals surface area contributed by atoms with E-state index in [4.69, 9.17) is 5.73 Å². The average Bonchev–Trinajstić information content (AvgIpc) is 2.74. The van der Waals surface area contributed by atoms with E-state index in [9.17, 15) is 9.50 Å². The molecule has 4 heteroatoms. The van der Waals surface area contributed by atoms with Crippen molar-refractivity contribution in [1.29, 1.82) is 0 Å². The Morgan fingerprint density at radius 1 is 1.33 bits per heavy atom. The van der Waals surface area contributed by atoms with E-state index in [-0.39, 0.29) is 5.75 Å². The van der Waals surface area contributed by atoms with Crippen molar-refractivity contribution in [1.82, 2.24) is 0 Å². The van der Waals surface area contributed by atoms with Crippen molar-refractivity contribution in [2.75, 3.05) is 0 Å². The zero-order chi connectivity index (χ0) is 10.8. The lowest BCUT2D eigenvalue weighted by Crippen LogP contribution is -2.11. The molecule has 1 aromatic carbocycles. The first-order valence-corrected chi connectivity index (χ1v) is 5.39. The fraction of sp³-hybridized carbons (Fsp3) is 0.0909. The Hall–Kier alpha value is -1.39. The molecule has 78 valence electrons. The molecule has 0 aliphatic carbocycles. The second kappa shape index (κ2) is 4.00. The van der Waals surface area contributed by atoms with Crippen LogP contribution in [-0.4, -0.2) is 5.11 Å². The maximum atomic E-state index is 13.1. The van der Waals surface area contributed by atoms with Gasteiger partial charge in [-0.05, 0) is 28.5 Å². The molecule has 0 radical (unpaired) electrons. The highest BCUT2D eigenvalue weighted by Crippen LogP contribution is 2.30. The molecule has 1 aromatic heterocycles. The Bertz CT molecular complexity index is 456. The lowest BCUT2D eigenvalue weighted by atomic mass is 10.0. The van der Waals surface area contributed by atoms with Crippen molar-refractivity contribution in [3.05, 3.63) is 52.0 Å². The normalized spacial score (nSPS) is 12.7. The van der Waals surface area contributed by atoms with Gasteiger partial charge in [-0.25, -0.2) is 4.39 Å². The first-order chi connectivity index (χ1) is 7.20. The van der Waals surface area contributed by atoms with Crippen LogP contribution in [-0.2, 0) is 0 Å². The number of nitrogens with two attached hydrogens (primary N) is 1. The van der Waals surface area contributed by atoms with Crippen molar-refractivity contribution in [2.24, 2.45) is 5.73 Å². The molecule has 2 nitrogen and oxygen atoms in total. The third-order valence-corrected chi connectivity index (χ3v) is 2.96. The molecule has 0 saturated heterocycles. The Morgan fingerprint density at radius 2 is 2.13 bits per heavy atom. The standard InChI is InChI=1S/C11H10FNOS/c12-9-3-1-2-8(11(9)14)10(13)7-4-5-15-6-7/h1-6,10,14H,13H2/t10-/m1/s1. The minimum absolute atomic E-state index is 0.365. The van der Waals surface area contributed by atoms with Gasteiger partial charge in [0.25, 0.3) is 0 Å². The van der Waals surface area contributed by atoms with Crippen molar-refractivity contribution in [2.45, 2.75) is 6.04 Å². The van der Waals surface area contributed by atoms with E-state index >= 15 is 0 Å². The topological polar surface area (TPSA) is 46.2 Å². The second-order valence-electron chi connectivity index (χ2n) is 3.21. The van der Waals surface area contributed by atoms with Crippen LogP contribution in [0.1, 0.15) is 17.2 Å². The number of aromatic hydroxyl groups is 1. The van der Waals surface area contributed by atoms with Gasteiger partial charge < -0.3 is 10.8 Å². The summed E-state index contributed by atoms with van der Waals surface area (Å²) in [4.78, 5) is 0. The molecule has 2 rings (SSSR count). The van der Waals surface area contributed by atoms with Gasteiger partial charge in [0, 0.05) is 5.56 Å². The number of hydrogen-bond acceptors (Lipinski definition) is 3. The van der Waals surface area contributed by atoms with Gasteiger partial charge >= 0.3 is 0 Å². The van der Waals surface area contributed by atoms with Gasteiger partial charge in [0.05, 0.1) is 6.04 Å². The highest BCUT2D eigenvalue weighted by molar-refractivity contribution is 7.08. The van der Waals surface area contributed by atoms with Gasteiger partial charge in [-0.15, -0.1) is 0 Å².